The Morgan fingerprint density at radius 3 is 2.31 bits per heavy atom. The molecule has 3 rings (SSSR count). The fourth-order valence-corrected chi connectivity index (χ4v) is 3.35. The number of phenols is 1. The molecule has 0 fully saturated rings. The number of aromatic hydroxyl groups is 1. The van der Waals surface area contributed by atoms with Gasteiger partial charge in [0.1, 0.15) is 11.5 Å². The Labute approximate surface area is 173 Å². The van der Waals surface area contributed by atoms with E-state index in [1.165, 1.54) is 25.3 Å². The number of nitrogens with zero attached hydrogens (tertiary/aromatic N) is 2. The number of alkyl halides is 3. The molecular weight excluding hydrogens is 451 g/mol. The monoisotopic (exact) mass is 467 g/mol. The number of aryl methyl sites for hydroxylation is 1. The number of ether oxygens (including phenoxy) is 1. The Kier molecular flexibility index (Phi) is 5.70. The van der Waals surface area contributed by atoms with Crippen LogP contribution in [0.2, 0.25) is 0 Å². The van der Waals surface area contributed by atoms with Crippen LogP contribution in [0.15, 0.2) is 40.9 Å². The largest absolute Gasteiger partial charge is 0.507 e. The number of anilines is 1. The van der Waals surface area contributed by atoms with Crippen molar-refractivity contribution < 1.29 is 23.0 Å². The molecular formula is C20H17BrF3N3O2. The van der Waals surface area contributed by atoms with Crippen molar-refractivity contribution in [3.8, 4) is 33.9 Å². The maximum absolute atomic E-state index is 13.9. The number of aromatic nitrogens is 2. The smallest absolute Gasteiger partial charge is 0.434 e. The van der Waals surface area contributed by atoms with E-state index in [0.717, 1.165) is 0 Å². The van der Waals surface area contributed by atoms with Gasteiger partial charge in [-0.2, -0.15) is 13.2 Å². The van der Waals surface area contributed by atoms with E-state index >= 15 is 0 Å². The van der Waals surface area contributed by atoms with Crippen molar-refractivity contribution in [1.29, 1.82) is 0 Å². The highest BCUT2D eigenvalue weighted by Crippen LogP contribution is 2.45. The molecule has 0 amide bonds. The minimum Gasteiger partial charge on any atom is -0.507 e. The number of rotatable bonds is 4. The van der Waals surface area contributed by atoms with E-state index < -0.39 is 17.8 Å². The molecule has 0 atom stereocenters. The standard InChI is InChI=1S/C20H17BrF3N3O2/c1-3-10-8-13(29-2)9-14(28)15(10)17-16(11-4-6-12(21)7-5-11)18(20(22,23)24)27-19(25)26-17/h4-9,28H,3H2,1-2H3,(H2,25,26,27). The molecule has 0 saturated heterocycles. The number of methoxy groups -OCH3 is 1. The van der Waals surface area contributed by atoms with Gasteiger partial charge in [0.15, 0.2) is 5.69 Å². The summed E-state index contributed by atoms with van der Waals surface area (Å²) in [6, 6.07) is 9.24. The zero-order chi connectivity index (χ0) is 21.3. The summed E-state index contributed by atoms with van der Waals surface area (Å²) in [5, 5.41) is 10.6. The molecule has 29 heavy (non-hydrogen) atoms. The van der Waals surface area contributed by atoms with Crippen LogP contribution in [-0.4, -0.2) is 22.2 Å². The lowest BCUT2D eigenvalue weighted by Crippen LogP contribution is -2.14. The first kappa shape index (κ1) is 20.9. The third-order valence-corrected chi connectivity index (χ3v) is 4.88. The van der Waals surface area contributed by atoms with E-state index in [4.69, 9.17) is 10.5 Å². The fourth-order valence-electron chi connectivity index (χ4n) is 3.08. The quantitative estimate of drug-likeness (QED) is 0.532. The number of halogens is 4. The Balaban J connectivity index is 2.44. The van der Waals surface area contributed by atoms with E-state index in [1.54, 1.807) is 18.2 Å². The summed E-state index contributed by atoms with van der Waals surface area (Å²) in [4.78, 5) is 7.57. The first-order valence-electron chi connectivity index (χ1n) is 8.56. The lowest BCUT2D eigenvalue weighted by atomic mass is 9.93. The molecule has 0 radical (unpaired) electrons. The zero-order valence-electron chi connectivity index (χ0n) is 15.5. The van der Waals surface area contributed by atoms with Gasteiger partial charge in [0.05, 0.1) is 12.8 Å². The number of hydrogen-bond donors (Lipinski definition) is 2. The average Bonchev–Trinajstić information content (AvgIpc) is 2.66. The maximum Gasteiger partial charge on any atom is 0.434 e. The van der Waals surface area contributed by atoms with E-state index in [2.05, 4.69) is 25.9 Å². The number of phenolic OH excluding ortho intramolecular Hbond substituents is 1. The molecule has 0 spiro atoms. The third kappa shape index (κ3) is 4.14. The highest BCUT2D eigenvalue weighted by molar-refractivity contribution is 9.10. The van der Waals surface area contributed by atoms with Gasteiger partial charge in [-0.15, -0.1) is 0 Å². The van der Waals surface area contributed by atoms with Gasteiger partial charge in [-0.05, 0) is 35.7 Å². The van der Waals surface area contributed by atoms with Gasteiger partial charge in [-0.25, -0.2) is 9.97 Å². The third-order valence-electron chi connectivity index (χ3n) is 4.35. The number of benzene rings is 2. The molecule has 0 bridgehead atoms. The van der Waals surface area contributed by atoms with Crippen LogP contribution in [0.5, 0.6) is 11.5 Å². The van der Waals surface area contributed by atoms with Gasteiger partial charge in [0, 0.05) is 21.7 Å². The summed E-state index contributed by atoms with van der Waals surface area (Å²) in [5.41, 5.74) is 5.07. The minimum atomic E-state index is -4.78. The van der Waals surface area contributed by atoms with Gasteiger partial charge in [-0.3, -0.25) is 0 Å². The molecule has 3 aromatic rings. The minimum absolute atomic E-state index is 0.0934. The lowest BCUT2D eigenvalue weighted by molar-refractivity contribution is -0.140. The summed E-state index contributed by atoms with van der Waals surface area (Å²) >= 11 is 3.27. The Bertz CT molecular complexity index is 1050. The van der Waals surface area contributed by atoms with Gasteiger partial charge in [0.2, 0.25) is 5.95 Å². The zero-order valence-corrected chi connectivity index (χ0v) is 17.1. The first-order valence-corrected chi connectivity index (χ1v) is 9.35. The van der Waals surface area contributed by atoms with Crippen molar-refractivity contribution >= 4 is 21.9 Å². The highest BCUT2D eigenvalue weighted by Gasteiger charge is 2.38. The van der Waals surface area contributed by atoms with Crippen molar-refractivity contribution in [2.24, 2.45) is 0 Å². The van der Waals surface area contributed by atoms with Crippen molar-refractivity contribution in [1.82, 2.24) is 9.97 Å². The number of nitrogen functional groups attached to an aromatic ring is 1. The predicted octanol–water partition coefficient (Wildman–Crippen LogP) is 5.45. The number of hydrogen-bond acceptors (Lipinski definition) is 5. The van der Waals surface area contributed by atoms with Gasteiger partial charge in [-0.1, -0.05) is 35.0 Å². The summed E-state index contributed by atoms with van der Waals surface area (Å²) < 4.78 is 47.4. The first-order chi connectivity index (χ1) is 13.7. The normalized spacial score (nSPS) is 11.5. The molecule has 0 aliphatic heterocycles. The van der Waals surface area contributed by atoms with Crippen molar-refractivity contribution in [3.05, 3.63) is 52.1 Å². The maximum atomic E-state index is 13.9. The molecule has 3 N–H and O–H groups in total. The highest BCUT2D eigenvalue weighted by atomic mass is 79.9. The van der Waals surface area contributed by atoms with Crippen LogP contribution < -0.4 is 10.5 Å². The van der Waals surface area contributed by atoms with E-state index in [1.807, 2.05) is 6.92 Å². The van der Waals surface area contributed by atoms with E-state index in [0.29, 0.717) is 22.2 Å². The second kappa shape index (κ2) is 7.90. The van der Waals surface area contributed by atoms with Crippen LogP contribution in [0, 0.1) is 0 Å². The second-order valence-corrected chi connectivity index (χ2v) is 7.11. The summed E-state index contributed by atoms with van der Waals surface area (Å²) in [6.07, 6.45) is -4.35. The molecule has 2 aromatic carbocycles. The van der Waals surface area contributed by atoms with Crippen molar-refractivity contribution in [3.63, 3.8) is 0 Å². The van der Waals surface area contributed by atoms with Crippen LogP contribution >= 0.6 is 15.9 Å². The van der Waals surface area contributed by atoms with Crippen molar-refractivity contribution in [2.75, 3.05) is 12.8 Å². The van der Waals surface area contributed by atoms with Crippen LogP contribution in [-0.2, 0) is 12.6 Å². The van der Waals surface area contributed by atoms with Gasteiger partial charge >= 0.3 is 6.18 Å². The van der Waals surface area contributed by atoms with Gasteiger partial charge in [0.25, 0.3) is 0 Å². The van der Waals surface area contributed by atoms with Crippen LogP contribution in [0.1, 0.15) is 18.2 Å². The topological polar surface area (TPSA) is 81.3 Å². The Morgan fingerprint density at radius 1 is 1.10 bits per heavy atom. The number of nitrogens with two attached hydrogens (primary N) is 1. The molecule has 0 aliphatic carbocycles. The molecule has 0 unspecified atom stereocenters. The molecule has 152 valence electrons. The Morgan fingerprint density at radius 2 is 1.76 bits per heavy atom. The van der Waals surface area contributed by atoms with E-state index in [-0.39, 0.29) is 28.1 Å². The van der Waals surface area contributed by atoms with Gasteiger partial charge < -0.3 is 15.6 Å². The van der Waals surface area contributed by atoms with E-state index in [9.17, 15) is 18.3 Å². The molecule has 5 nitrogen and oxygen atoms in total. The second-order valence-electron chi connectivity index (χ2n) is 6.19. The van der Waals surface area contributed by atoms with Crippen LogP contribution in [0.4, 0.5) is 19.1 Å². The Hall–Kier alpha value is -2.81. The summed E-state index contributed by atoms with van der Waals surface area (Å²) in [7, 11) is 1.44. The van der Waals surface area contributed by atoms with Crippen molar-refractivity contribution in [2.45, 2.75) is 19.5 Å². The molecule has 9 heteroatoms. The van der Waals surface area contributed by atoms with Crippen LogP contribution in [0.25, 0.3) is 22.4 Å². The summed E-state index contributed by atoms with van der Waals surface area (Å²) in [6.45, 7) is 1.81. The molecule has 0 aliphatic rings. The summed E-state index contributed by atoms with van der Waals surface area (Å²) in [5.74, 6) is -0.414. The molecule has 0 saturated carbocycles. The molecule has 1 heterocycles. The van der Waals surface area contributed by atoms with Crippen LogP contribution in [0.3, 0.4) is 0 Å². The SMILES string of the molecule is CCc1cc(OC)cc(O)c1-c1nc(N)nc(C(F)(F)F)c1-c1ccc(Br)cc1. The lowest BCUT2D eigenvalue weighted by Gasteiger charge is -2.19. The average molecular weight is 468 g/mol. The fraction of sp³-hybridized carbons (Fsp3) is 0.200. The molecule has 1 aromatic heterocycles. The predicted molar refractivity (Wildman–Crippen MR) is 108 cm³/mol.